The fraction of sp³-hybridized carbons (Fsp3) is 0.250. The molecule has 0 aliphatic carbocycles. The first-order valence-electron chi connectivity index (χ1n) is 5.88. The molecule has 0 saturated carbocycles. The van der Waals surface area contributed by atoms with Gasteiger partial charge in [-0.25, -0.2) is 18.1 Å². The van der Waals surface area contributed by atoms with Crippen LogP contribution < -0.4 is 9.46 Å². The van der Waals surface area contributed by atoms with E-state index in [0.29, 0.717) is 21.6 Å². The topological polar surface area (TPSA) is 94.1 Å². The summed E-state index contributed by atoms with van der Waals surface area (Å²) in [6, 6.07) is 4.42. The van der Waals surface area contributed by atoms with Crippen LogP contribution in [-0.4, -0.2) is 30.7 Å². The maximum atomic E-state index is 12.3. The lowest BCUT2D eigenvalue weighted by molar-refractivity contribution is 0.411. The van der Waals surface area contributed by atoms with Crippen LogP contribution >= 0.6 is 15.9 Å². The number of benzene rings is 1. The monoisotopic (exact) mass is 372 g/mol. The van der Waals surface area contributed by atoms with Gasteiger partial charge in [-0.3, -0.25) is 0 Å². The highest BCUT2D eigenvalue weighted by molar-refractivity contribution is 9.10. The Kier molecular flexibility index (Phi) is 4.43. The summed E-state index contributed by atoms with van der Waals surface area (Å²) >= 11 is 3.25. The number of anilines is 1. The number of rotatable bonds is 4. The summed E-state index contributed by atoms with van der Waals surface area (Å²) in [6.07, 6.45) is 0. The van der Waals surface area contributed by atoms with Crippen LogP contribution in [0.15, 0.2) is 27.6 Å². The van der Waals surface area contributed by atoms with Crippen LogP contribution in [0.1, 0.15) is 11.4 Å². The standard InChI is InChI=1S/C12H13BrN4O3S/c1-7-8(2)15-16-12(14-7)17-21(18,19)9-4-5-11(20-3)10(13)6-9/h4-6H,1-3H3,(H,14,16,17). The fourth-order valence-corrected chi connectivity index (χ4v) is 3.15. The summed E-state index contributed by atoms with van der Waals surface area (Å²) in [4.78, 5) is 4.11. The van der Waals surface area contributed by atoms with Crippen LogP contribution in [0, 0.1) is 13.8 Å². The van der Waals surface area contributed by atoms with Crippen molar-refractivity contribution in [3.63, 3.8) is 0 Å². The average molecular weight is 373 g/mol. The van der Waals surface area contributed by atoms with Crippen molar-refractivity contribution in [1.29, 1.82) is 0 Å². The van der Waals surface area contributed by atoms with E-state index in [1.165, 1.54) is 19.2 Å². The number of hydrogen-bond acceptors (Lipinski definition) is 6. The van der Waals surface area contributed by atoms with Crippen molar-refractivity contribution in [1.82, 2.24) is 15.2 Å². The quantitative estimate of drug-likeness (QED) is 0.882. The third-order valence-electron chi connectivity index (χ3n) is 2.75. The predicted molar refractivity (Wildman–Crippen MR) is 80.8 cm³/mol. The third-order valence-corrected chi connectivity index (χ3v) is 4.70. The molecule has 0 unspecified atom stereocenters. The van der Waals surface area contributed by atoms with E-state index in [-0.39, 0.29) is 10.8 Å². The normalized spacial score (nSPS) is 11.2. The van der Waals surface area contributed by atoms with Gasteiger partial charge in [0.15, 0.2) is 0 Å². The van der Waals surface area contributed by atoms with E-state index in [1.54, 1.807) is 19.9 Å². The maximum absolute atomic E-state index is 12.3. The first-order valence-corrected chi connectivity index (χ1v) is 8.15. The van der Waals surface area contributed by atoms with Crippen LogP contribution in [-0.2, 0) is 10.0 Å². The van der Waals surface area contributed by atoms with Gasteiger partial charge >= 0.3 is 0 Å². The minimum Gasteiger partial charge on any atom is -0.496 e. The number of aryl methyl sites for hydroxylation is 2. The van der Waals surface area contributed by atoms with Gasteiger partial charge in [0.2, 0.25) is 0 Å². The van der Waals surface area contributed by atoms with E-state index in [2.05, 4.69) is 35.8 Å². The molecule has 0 atom stereocenters. The van der Waals surface area contributed by atoms with Gasteiger partial charge in [0, 0.05) is 0 Å². The second-order valence-electron chi connectivity index (χ2n) is 4.21. The van der Waals surface area contributed by atoms with Crippen molar-refractivity contribution in [3.05, 3.63) is 34.1 Å². The minimum absolute atomic E-state index is 0.0648. The lowest BCUT2D eigenvalue weighted by atomic mass is 10.3. The Hall–Kier alpha value is -1.74. The van der Waals surface area contributed by atoms with E-state index < -0.39 is 10.0 Å². The van der Waals surface area contributed by atoms with Crippen molar-refractivity contribution in [2.45, 2.75) is 18.7 Å². The highest BCUT2D eigenvalue weighted by Crippen LogP contribution is 2.27. The Morgan fingerprint density at radius 1 is 1.19 bits per heavy atom. The third kappa shape index (κ3) is 3.48. The van der Waals surface area contributed by atoms with Gasteiger partial charge in [-0.05, 0) is 48.0 Å². The van der Waals surface area contributed by atoms with Crippen molar-refractivity contribution in [3.8, 4) is 5.75 Å². The molecule has 1 aromatic heterocycles. The smallest absolute Gasteiger partial charge is 0.264 e. The van der Waals surface area contributed by atoms with Crippen LogP contribution in [0.2, 0.25) is 0 Å². The summed E-state index contributed by atoms with van der Waals surface area (Å²) in [6.45, 7) is 3.47. The van der Waals surface area contributed by atoms with Gasteiger partial charge < -0.3 is 4.74 Å². The van der Waals surface area contributed by atoms with E-state index >= 15 is 0 Å². The molecule has 0 bridgehead atoms. The van der Waals surface area contributed by atoms with Crippen LogP contribution in [0.5, 0.6) is 5.75 Å². The Morgan fingerprint density at radius 3 is 2.48 bits per heavy atom. The lowest BCUT2D eigenvalue weighted by Crippen LogP contribution is -2.16. The van der Waals surface area contributed by atoms with Gasteiger partial charge in [-0.15, -0.1) is 5.10 Å². The summed E-state index contributed by atoms with van der Waals surface area (Å²) in [7, 11) is -2.29. The Labute approximate surface area is 131 Å². The van der Waals surface area contributed by atoms with Gasteiger partial charge in [-0.1, -0.05) is 0 Å². The molecule has 0 saturated heterocycles. The van der Waals surface area contributed by atoms with Crippen LogP contribution in [0.4, 0.5) is 5.95 Å². The first-order chi connectivity index (χ1) is 9.83. The number of nitrogens with one attached hydrogen (secondary N) is 1. The Morgan fingerprint density at radius 2 is 1.90 bits per heavy atom. The largest absolute Gasteiger partial charge is 0.496 e. The number of aromatic nitrogens is 3. The van der Waals surface area contributed by atoms with E-state index in [4.69, 9.17) is 4.74 Å². The maximum Gasteiger partial charge on any atom is 0.264 e. The Bertz CT molecular complexity index is 780. The number of ether oxygens (including phenoxy) is 1. The number of halogens is 1. The zero-order valence-electron chi connectivity index (χ0n) is 11.6. The molecule has 0 spiro atoms. The Balaban J connectivity index is 2.33. The highest BCUT2D eigenvalue weighted by Gasteiger charge is 2.18. The predicted octanol–water partition coefficient (Wildman–Crippen LogP) is 2.06. The molecule has 0 amide bonds. The SMILES string of the molecule is COc1ccc(S(=O)(=O)Nc2nnc(C)c(C)n2)cc1Br. The highest BCUT2D eigenvalue weighted by atomic mass is 79.9. The summed E-state index contributed by atoms with van der Waals surface area (Å²) in [5, 5.41) is 7.55. The average Bonchev–Trinajstić information content (AvgIpc) is 2.42. The molecular formula is C12H13BrN4O3S. The molecule has 21 heavy (non-hydrogen) atoms. The molecule has 112 valence electrons. The van der Waals surface area contributed by atoms with E-state index in [0.717, 1.165) is 0 Å². The molecule has 1 N–H and O–H groups in total. The second-order valence-corrected chi connectivity index (χ2v) is 6.74. The molecule has 2 aromatic rings. The van der Waals surface area contributed by atoms with Gasteiger partial charge in [0.1, 0.15) is 5.75 Å². The number of methoxy groups -OCH3 is 1. The summed E-state index contributed by atoms with van der Waals surface area (Å²) in [5.74, 6) is 0.475. The van der Waals surface area contributed by atoms with Crippen molar-refractivity contribution in [2.75, 3.05) is 11.8 Å². The summed E-state index contributed by atoms with van der Waals surface area (Å²) < 4.78 is 32.4. The number of hydrogen-bond donors (Lipinski definition) is 1. The molecular weight excluding hydrogens is 360 g/mol. The zero-order chi connectivity index (χ0) is 15.6. The van der Waals surface area contributed by atoms with Crippen LogP contribution in [0.25, 0.3) is 0 Å². The first kappa shape index (κ1) is 15.6. The number of nitrogens with zero attached hydrogens (tertiary/aromatic N) is 3. The lowest BCUT2D eigenvalue weighted by Gasteiger charge is -2.09. The van der Waals surface area contributed by atoms with Crippen molar-refractivity contribution in [2.24, 2.45) is 0 Å². The summed E-state index contributed by atoms with van der Waals surface area (Å²) in [5.41, 5.74) is 1.25. The van der Waals surface area contributed by atoms with Gasteiger partial charge in [0.05, 0.1) is 27.9 Å². The molecule has 9 heteroatoms. The minimum atomic E-state index is -3.79. The van der Waals surface area contributed by atoms with E-state index in [1.807, 2.05) is 0 Å². The molecule has 0 fully saturated rings. The van der Waals surface area contributed by atoms with Crippen molar-refractivity contribution < 1.29 is 13.2 Å². The molecule has 7 nitrogen and oxygen atoms in total. The number of sulfonamides is 1. The van der Waals surface area contributed by atoms with Gasteiger partial charge in [-0.2, -0.15) is 5.10 Å². The molecule has 1 aromatic carbocycles. The van der Waals surface area contributed by atoms with E-state index in [9.17, 15) is 8.42 Å². The molecule has 0 aliphatic rings. The van der Waals surface area contributed by atoms with Crippen molar-refractivity contribution >= 4 is 31.9 Å². The molecule has 1 heterocycles. The second kappa shape index (κ2) is 5.94. The molecule has 2 rings (SSSR count). The fourth-order valence-electron chi connectivity index (χ4n) is 1.49. The van der Waals surface area contributed by atoms with Gasteiger partial charge in [0.25, 0.3) is 16.0 Å². The molecule has 0 aliphatic heterocycles. The zero-order valence-corrected chi connectivity index (χ0v) is 14.0. The molecule has 0 radical (unpaired) electrons. The van der Waals surface area contributed by atoms with Crippen LogP contribution in [0.3, 0.4) is 0 Å².